The maximum absolute atomic E-state index is 11.8. The van der Waals surface area contributed by atoms with Crippen LogP contribution in [-0.4, -0.2) is 44.4 Å². The van der Waals surface area contributed by atoms with E-state index in [4.69, 9.17) is 15.2 Å². The van der Waals surface area contributed by atoms with Crippen molar-refractivity contribution in [2.24, 2.45) is 0 Å². The molecule has 0 atom stereocenters. The number of esters is 1. The molecule has 118 valence electrons. The maximum Gasteiger partial charge on any atom is 0.340 e. The minimum absolute atomic E-state index is 0.294. The smallest absolute Gasteiger partial charge is 0.340 e. The summed E-state index contributed by atoms with van der Waals surface area (Å²) in [5, 5.41) is 0. The van der Waals surface area contributed by atoms with Crippen LogP contribution in [0.25, 0.3) is 0 Å². The molecular formula is C15H25N3O3. The maximum atomic E-state index is 11.8. The summed E-state index contributed by atoms with van der Waals surface area (Å²) in [6, 6.07) is 1.87. The molecule has 1 heterocycles. The summed E-state index contributed by atoms with van der Waals surface area (Å²) < 4.78 is 9.93. The Morgan fingerprint density at radius 3 is 2.57 bits per heavy atom. The molecule has 0 amide bonds. The molecule has 6 heteroatoms. The average molecular weight is 295 g/mol. The summed E-state index contributed by atoms with van der Waals surface area (Å²) in [6.07, 6.45) is 3.51. The van der Waals surface area contributed by atoms with Crippen molar-refractivity contribution in [1.82, 2.24) is 4.98 Å². The van der Waals surface area contributed by atoms with Crippen molar-refractivity contribution in [3.8, 4) is 0 Å². The second kappa shape index (κ2) is 8.46. The predicted molar refractivity (Wildman–Crippen MR) is 83.6 cm³/mol. The number of anilines is 2. The molecule has 1 aromatic heterocycles. The molecule has 1 rings (SSSR count). The molecule has 0 spiro atoms. The first-order valence-electron chi connectivity index (χ1n) is 7.18. The summed E-state index contributed by atoms with van der Waals surface area (Å²) in [6.45, 7) is 5.48. The number of rotatable bonds is 8. The van der Waals surface area contributed by atoms with Gasteiger partial charge in [-0.2, -0.15) is 0 Å². The highest BCUT2D eigenvalue weighted by atomic mass is 16.5. The molecule has 0 bridgehead atoms. The van der Waals surface area contributed by atoms with E-state index in [1.165, 1.54) is 7.11 Å². The number of methoxy groups -OCH3 is 2. The summed E-state index contributed by atoms with van der Waals surface area (Å²) in [5.74, 6) is 0.163. The van der Waals surface area contributed by atoms with Gasteiger partial charge in [0.15, 0.2) is 5.82 Å². The van der Waals surface area contributed by atoms with Crippen LogP contribution in [0, 0.1) is 0 Å². The molecule has 0 fully saturated rings. The molecule has 0 saturated heterocycles. The summed E-state index contributed by atoms with van der Waals surface area (Å²) in [4.78, 5) is 18.2. The minimum atomic E-state index is -0.451. The number of hydrogen-bond donors (Lipinski definition) is 1. The monoisotopic (exact) mass is 295 g/mol. The Kier molecular flexibility index (Phi) is 6.94. The van der Waals surface area contributed by atoms with Gasteiger partial charge in [-0.25, -0.2) is 9.78 Å². The van der Waals surface area contributed by atoms with E-state index in [2.05, 4.69) is 23.7 Å². The highest BCUT2D eigenvalue weighted by Gasteiger charge is 2.22. The third-order valence-electron chi connectivity index (χ3n) is 3.57. The summed E-state index contributed by atoms with van der Waals surface area (Å²) in [7, 11) is 3.00. The molecule has 1 aromatic rings. The molecule has 6 nitrogen and oxygen atoms in total. The molecule has 0 unspecified atom stereocenters. The van der Waals surface area contributed by atoms with Crippen molar-refractivity contribution in [2.45, 2.75) is 32.7 Å². The summed E-state index contributed by atoms with van der Waals surface area (Å²) in [5.41, 5.74) is 6.83. The Morgan fingerprint density at radius 2 is 2.05 bits per heavy atom. The van der Waals surface area contributed by atoms with Crippen molar-refractivity contribution in [3.63, 3.8) is 0 Å². The van der Waals surface area contributed by atoms with E-state index in [0.29, 0.717) is 36.3 Å². The number of nitrogens with zero attached hydrogens (tertiary/aromatic N) is 2. The normalized spacial score (nSPS) is 10.7. The van der Waals surface area contributed by atoms with Crippen LogP contribution >= 0.6 is 0 Å². The minimum Gasteiger partial charge on any atom is -0.465 e. The number of nitrogens with two attached hydrogens (primary N) is 1. The van der Waals surface area contributed by atoms with Gasteiger partial charge < -0.3 is 20.1 Å². The number of carbonyl (C=O) groups excluding carboxylic acids is 1. The van der Waals surface area contributed by atoms with Gasteiger partial charge in [0, 0.05) is 25.9 Å². The fourth-order valence-electron chi connectivity index (χ4n) is 2.36. The van der Waals surface area contributed by atoms with Crippen LogP contribution in [0.2, 0.25) is 0 Å². The number of aromatic nitrogens is 1. The van der Waals surface area contributed by atoms with Gasteiger partial charge in [0.1, 0.15) is 0 Å². The third-order valence-corrected chi connectivity index (χ3v) is 3.57. The van der Waals surface area contributed by atoms with Crippen molar-refractivity contribution in [1.29, 1.82) is 0 Å². The number of carbonyl (C=O) groups is 1. The first-order chi connectivity index (χ1) is 10.1. The van der Waals surface area contributed by atoms with Crippen LogP contribution in [0.5, 0.6) is 0 Å². The second-order valence-electron chi connectivity index (χ2n) is 4.74. The molecule has 0 aromatic carbocycles. The predicted octanol–water partition coefficient (Wildman–Crippen LogP) is 2.09. The number of ether oxygens (including phenoxy) is 2. The Labute approximate surface area is 126 Å². The van der Waals surface area contributed by atoms with E-state index in [0.717, 1.165) is 12.8 Å². The lowest BCUT2D eigenvalue weighted by Crippen LogP contribution is -2.38. The Bertz CT molecular complexity index is 461. The van der Waals surface area contributed by atoms with E-state index in [1.54, 1.807) is 19.4 Å². The van der Waals surface area contributed by atoms with Crippen molar-refractivity contribution < 1.29 is 14.3 Å². The van der Waals surface area contributed by atoms with Crippen LogP contribution in [0.4, 0.5) is 11.5 Å². The zero-order chi connectivity index (χ0) is 15.8. The van der Waals surface area contributed by atoms with Gasteiger partial charge in [-0.3, -0.25) is 0 Å². The van der Waals surface area contributed by atoms with Crippen LogP contribution in [-0.2, 0) is 9.47 Å². The van der Waals surface area contributed by atoms with Crippen molar-refractivity contribution >= 4 is 17.5 Å². The Morgan fingerprint density at radius 1 is 1.38 bits per heavy atom. The highest BCUT2D eigenvalue weighted by Crippen LogP contribution is 2.27. The topological polar surface area (TPSA) is 77.7 Å². The van der Waals surface area contributed by atoms with E-state index >= 15 is 0 Å². The van der Waals surface area contributed by atoms with Crippen LogP contribution in [0.1, 0.15) is 37.0 Å². The van der Waals surface area contributed by atoms with Gasteiger partial charge in [-0.1, -0.05) is 13.8 Å². The molecule has 0 radical (unpaired) electrons. The molecule has 0 saturated carbocycles. The number of hydrogen-bond acceptors (Lipinski definition) is 6. The largest absolute Gasteiger partial charge is 0.465 e. The first-order valence-corrected chi connectivity index (χ1v) is 7.18. The molecule has 0 aliphatic carbocycles. The fourth-order valence-corrected chi connectivity index (χ4v) is 2.36. The van der Waals surface area contributed by atoms with Crippen molar-refractivity contribution in [3.05, 3.63) is 17.8 Å². The zero-order valence-corrected chi connectivity index (χ0v) is 13.3. The molecule has 2 N–H and O–H groups in total. The van der Waals surface area contributed by atoms with Gasteiger partial charge >= 0.3 is 5.97 Å². The third kappa shape index (κ3) is 4.07. The lowest BCUT2D eigenvalue weighted by Gasteiger charge is -2.32. The Hall–Kier alpha value is -1.82. The number of nitrogen functional groups attached to an aromatic ring is 1. The highest BCUT2D eigenvalue weighted by molar-refractivity contribution is 5.97. The van der Waals surface area contributed by atoms with E-state index in [9.17, 15) is 4.79 Å². The zero-order valence-electron chi connectivity index (χ0n) is 13.3. The van der Waals surface area contributed by atoms with Gasteiger partial charge in [-0.15, -0.1) is 0 Å². The van der Waals surface area contributed by atoms with Gasteiger partial charge in [0.2, 0.25) is 0 Å². The fraction of sp³-hybridized carbons (Fsp3) is 0.600. The SMILES string of the molecule is CCC(CC)N(CCOC)c1nccc(C(=O)OC)c1N. The average Bonchev–Trinajstić information content (AvgIpc) is 2.51. The quantitative estimate of drug-likeness (QED) is 0.740. The molecular weight excluding hydrogens is 270 g/mol. The van der Waals surface area contributed by atoms with E-state index in [1.807, 2.05) is 0 Å². The van der Waals surface area contributed by atoms with Crippen LogP contribution in [0.15, 0.2) is 12.3 Å². The van der Waals surface area contributed by atoms with Crippen LogP contribution in [0.3, 0.4) is 0 Å². The second-order valence-corrected chi connectivity index (χ2v) is 4.74. The molecule has 0 aliphatic heterocycles. The van der Waals surface area contributed by atoms with Crippen molar-refractivity contribution in [2.75, 3.05) is 38.0 Å². The first kappa shape index (κ1) is 17.2. The Balaban J connectivity index is 3.20. The van der Waals surface area contributed by atoms with Gasteiger partial charge in [0.05, 0.1) is 25.0 Å². The molecule has 21 heavy (non-hydrogen) atoms. The number of pyridine rings is 1. The van der Waals surface area contributed by atoms with E-state index < -0.39 is 5.97 Å². The van der Waals surface area contributed by atoms with Crippen LogP contribution < -0.4 is 10.6 Å². The standard InChI is InChI=1S/C15H25N3O3/c1-5-11(6-2)18(9-10-20-3)14-13(16)12(7-8-17-14)15(19)21-4/h7-8,11H,5-6,9-10,16H2,1-4H3. The van der Waals surface area contributed by atoms with Gasteiger partial charge in [-0.05, 0) is 18.9 Å². The lowest BCUT2D eigenvalue weighted by molar-refractivity contribution is 0.0602. The van der Waals surface area contributed by atoms with Gasteiger partial charge in [0.25, 0.3) is 0 Å². The summed E-state index contributed by atoms with van der Waals surface area (Å²) >= 11 is 0. The molecule has 0 aliphatic rings. The van der Waals surface area contributed by atoms with E-state index in [-0.39, 0.29) is 0 Å². The lowest BCUT2D eigenvalue weighted by atomic mass is 10.1.